The van der Waals surface area contributed by atoms with E-state index in [0.29, 0.717) is 40.7 Å². The van der Waals surface area contributed by atoms with Crippen LogP contribution in [-0.2, 0) is 18.9 Å². The zero-order chi connectivity index (χ0) is 27.2. The van der Waals surface area contributed by atoms with Crippen LogP contribution < -0.4 is 0 Å². The fourth-order valence-corrected chi connectivity index (χ4v) is 3.96. The smallest absolute Gasteiger partial charge is 0.340 e. The number of carbonyl (C=O) groups is 4. The van der Waals surface area contributed by atoms with Gasteiger partial charge in [-0.1, -0.05) is 68.8 Å². The fraction of sp³-hybridized carbons (Fsp3) is 0.543. The molecule has 0 unspecified atom stereocenters. The quantitative estimate of drug-likeness (QED) is 0.149. The molecule has 43 heavy (non-hydrogen) atoms. The molecule has 0 heterocycles. The summed E-state index contributed by atoms with van der Waals surface area (Å²) in [5.74, 6) is 0.283. The van der Waals surface area contributed by atoms with Gasteiger partial charge in [-0.05, 0) is 75.6 Å². The number of ether oxygens (including phenoxy) is 4. The van der Waals surface area contributed by atoms with Crippen molar-refractivity contribution in [1.82, 2.24) is 0 Å². The highest BCUT2D eigenvalue weighted by atomic mass is 16.7. The van der Waals surface area contributed by atoms with Gasteiger partial charge in [0.25, 0.3) is 0 Å². The second kappa shape index (κ2) is 26.3. The summed E-state index contributed by atoms with van der Waals surface area (Å²) < 4.78 is 19.9. The molecule has 1 fully saturated rings. The summed E-state index contributed by atoms with van der Waals surface area (Å²) in [4.78, 5) is 45.5. The molecule has 1 aliphatic carbocycles. The minimum absolute atomic E-state index is 0. The number of ketones is 2. The first-order valence-corrected chi connectivity index (χ1v) is 12.3. The van der Waals surface area contributed by atoms with Gasteiger partial charge in [-0.2, -0.15) is 0 Å². The molecule has 0 spiro atoms. The van der Waals surface area contributed by atoms with E-state index in [0.717, 1.165) is 32.3 Å². The van der Waals surface area contributed by atoms with Gasteiger partial charge in [0.2, 0.25) is 0 Å². The van der Waals surface area contributed by atoms with E-state index in [2.05, 4.69) is 4.74 Å². The topological polar surface area (TPSA) is 105 Å². The SMILES string of the molecule is C.C.C.C.C.C.COCC1CCC(COC(=O)c2ccc(C(C)=O)cc2)CC1.COCOC(=O)c1ccc(C(C)=O)cc1. The Morgan fingerprint density at radius 1 is 0.535 bits per heavy atom. The first kappa shape index (κ1) is 49.3. The van der Waals surface area contributed by atoms with E-state index in [1.54, 1.807) is 55.6 Å². The highest BCUT2D eigenvalue weighted by Crippen LogP contribution is 2.29. The average Bonchev–Trinajstić information content (AvgIpc) is 2.91. The summed E-state index contributed by atoms with van der Waals surface area (Å²) >= 11 is 0. The zero-order valence-corrected chi connectivity index (χ0v) is 22.0. The van der Waals surface area contributed by atoms with Crippen molar-refractivity contribution in [2.45, 2.75) is 84.1 Å². The Morgan fingerprint density at radius 2 is 0.860 bits per heavy atom. The van der Waals surface area contributed by atoms with E-state index in [1.807, 2.05) is 0 Å². The molecule has 0 atom stereocenters. The van der Waals surface area contributed by atoms with Crippen LogP contribution in [0.1, 0.15) is 126 Å². The molecule has 0 N–H and O–H groups in total. The summed E-state index contributed by atoms with van der Waals surface area (Å²) in [6, 6.07) is 12.9. The molecule has 2 aromatic rings. The maximum Gasteiger partial charge on any atom is 0.340 e. The van der Waals surface area contributed by atoms with Crippen LogP contribution >= 0.6 is 0 Å². The molecule has 1 aliphatic rings. The lowest BCUT2D eigenvalue weighted by Gasteiger charge is -2.27. The summed E-state index contributed by atoms with van der Waals surface area (Å²) in [7, 11) is 3.18. The van der Waals surface area contributed by atoms with Gasteiger partial charge in [0, 0.05) is 32.0 Å². The number of Topliss-reactive ketones (excluding diaryl/α,β-unsaturated/α-hetero) is 2. The fourth-order valence-electron chi connectivity index (χ4n) is 3.96. The van der Waals surface area contributed by atoms with E-state index in [1.165, 1.54) is 21.0 Å². The monoisotopic (exact) mass is 608 g/mol. The predicted octanol–water partition coefficient (Wildman–Crippen LogP) is 8.97. The van der Waals surface area contributed by atoms with Crippen LogP contribution in [0.25, 0.3) is 0 Å². The Kier molecular flexibility index (Phi) is 30.1. The Morgan fingerprint density at radius 3 is 1.19 bits per heavy atom. The Labute approximate surface area is 262 Å². The first-order chi connectivity index (χ1) is 17.7. The lowest BCUT2D eigenvalue weighted by Crippen LogP contribution is -2.22. The molecule has 0 radical (unpaired) electrons. The number of rotatable bonds is 10. The molecule has 3 rings (SSSR count). The van der Waals surface area contributed by atoms with Crippen molar-refractivity contribution in [2.75, 3.05) is 34.2 Å². The third-order valence-corrected chi connectivity index (χ3v) is 6.18. The molecule has 0 saturated heterocycles. The summed E-state index contributed by atoms with van der Waals surface area (Å²) in [6.07, 6.45) is 4.46. The maximum atomic E-state index is 12.0. The number of hydrogen-bond acceptors (Lipinski definition) is 8. The van der Waals surface area contributed by atoms with Gasteiger partial charge in [-0.25, -0.2) is 9.59 Å². The second-order valence-corrected chi connectivity index (χ2v) is 9.05. The first-order valence-electron chi connectivity index (χ1n) is 12.3. The van der Waals surface area contributed by atoms with Crippen molar-refractivity contribution in [1.29, 1.82) is 0 Å². The van der Waals surface area contributed by atoms with Crippen molar-refractivity contribution in [3.8, 4) is 0 Å². The molecular formula is C35H60O8. The summed E-state index contributed by atoms with van der Waals surface area (Å²) in [5.41, 5.74) is 2.07. The van der Waals surface area contributed by atoms with Crippen LogP contribution in [0.4, 0.5) is 0 Å². The van der Waals surface area contributed by atoms with E-state index in [4.69, 9.17) is 14.2 Å². The molecule has 0 aromatic heterocycles. The lowest BCUT2D eigenvalue weighted by molar-refractivity contribution is -0.0125. The molecule has 0 aliphatic heterocycles. The predicted molar refractivity (Wildman–Crippen MR) is 178 cm³/mol. The van der Waals surface area contributed by atoms with Gasteiger partial charge in [-0.3, -0.25) is 9.59 Å². The molecule has 0 bridgehead atoms. The van der Waals surface area contributed by atoms with Gasteiger partial charge in [0.15, 0.2) is 18.4 Å². The summed E-state index contributed by atoms with van der Waals surface area (Å²) in [5, 5.41) is 0. The zero-order valence-electron chi connectivity index (χ0n) is 22.0. The number of benzene rings is 2. The lowest BCUT2D eigenvalue weighted by atomic mass is 9.83. The second-order valence-electron chi connectivity index (χ2n) is 9.05. The normalized spacial score (nSPS) is 14.3. The molecule has 0 amide bonds. The van der Waals surface area contributed by atoms with E-state index in [-0.39, 0.29) is 68.9 Å². The van der Waals surface area contributed by atoms with E-state index < -0.39 is 5.97 Å². The van der Waals surface area contributed by atoms with Crippen molar-refractivity contribution >= 4 is 23.5 Å². The number of hydrogen-bond donors (Lipinski definition) is 0. The highest BCUT2D eigenvalue weighted by Gasteiger charge is 2.22. The van der Waals surface area contributed by atoms with Crippen LogP contribution in [0.15, 0.2) is 48.5 Å². The largest absolute Gasteiger partial charge is 0.462 e. The van der Waals surface area contributed by atoms with Crippen LogP contribution in [0.3, 0.4) is 0 Å². The van der Waals surface area contributed by atoms with Crippen molar-refractivity contribution in [2.24, 2.45) is 11.8 Å². The Bertz CT molecular complexity index is 1020. The minimum atomic E-state index is -0.466. The summed E-state index contributed by atoms with van der Waals surface area (Å²) in [6.45, 7) is 4.21. The highest BCUT2D eigenvalue weighted by molar-refractivity contribution is 5.96. The maximum absolute atomic E-state index is 12.0. The molecule has 2 aromatic carbocycles. The van der Waals surface area contributed by atoms with Gasteiger partial charge >= 0.3 is 11.9 Å². The van der Waals surface area contributed by atoms with E-state index in [9.17, 15) is 19.2 Å². The van der Waals surface area contributed by atoms with Crippen molar-refractivity contribution in [3.63, 3.8) is 0 Å². The van der Waals surface area contributed by atoms with Gasteiger partial charge in [0.05, 0.1) is 17.7 Å². The number of esters is 2. The third-order valence-electron chi connectivity index (χ3n) is 6.18. The number of carbonyl (C=O) groups excluding carboxylic acids is 4. The third kappa shape index (κ3) is 17.4. The standard InChI is InChI=1S/C18H24O4.C11H12O4.6CH4/c1-13(19)16-7-9-17(10-8-16)18(20)22-12-15-5-3-14(4-6-15)11-21-2;1-8(12)9-3-5-10(6-4-9)11(13)15-7-14-2;;;;;;/h7-10,14-15H,3-6,11-12H2,1-2H3;3-6H,7H2,1-2H3;6*1H4. The van der Waals surface area contributed by atoms with E-state index >= 15 is 0 Å². The molecule has 8 nitrogen and oxygen atoms in total. The Hall–Kier alpha value is -3.36. The Balaban J connectivity index is -0.000000207. The van der Waals surface area contributed by atoms with Gasteiger partial charge in [0.1, 0.15) is 0 Å². The van der Waals surface area contributed by atoms with Crippen LogP contribution in [-0.4, -0.2) is 57.7 Å². The van der Waals surface area contributed by atoms with Gasteiger partial charge < -0.3 is 18.9 Å². The molecular weight excluding hydrogens is 548 g/mol. The molecule has 1 saturated carbocycles. The van der Waals surface area contributed by atoms with Crippen LogP contribution in [0.2, 0.25) is 0 Å². The minimum Gasteiger partial charge on any atom is -0.462 e. The van der Waals surface area contributed by atoms with Crippen LogP contribution in [0.5, 0.6) is 0 Å². The van der Waals surface area contributed by atoms with Gasteiger partial charge in [-0.15, -0.1) is 0 Å². The molecule has 8 heteroatoms. The average molecular weight is 609 g/mol. The van der Waals surface area contributed by atoms with Crippen LogP contribution in [0, 0.1) is 11.8 Å². The molecule has 248 valence electrons. The van der Waals surface area contributed by atoms with Crippen molar-refractivity contribution < 1.29 is 38.1 Å². The number of methoxy groups -OCH3 is 2. The van der Waals surface area contributed by atoms with Crippen molar-refractivity contribution in [3.05, 3.63) is 70.8 Å².